The average molecular weight is 349 g/mol. The molecule has 0 aliphatic carbocycles. The minimum absolute atomic E-state index is 0.107. The summed E-state index contributed by atoms with van der Waals surface area (Å²) in [5.74, 6) is 1.55. The van der Waals surface area contributed by atoms with E-state index in [1.165, 1.54) is 0 Å². The largest absolute Gasteiger partial charge is 0.454 e. The predicted octanol–water partition coefficient (Wildman–Crippen LogP) is 2.45. The van der Waals surface area contributed by atoms with Gasteiger partial charge in [0.15, 0.2) is 17.3 Å². The van der Waals surface area contributed by atoms with Crippen molar-refractivity contribution in [2.45, 2.75) is 0 Å². The molecule has 0 fully saturated rings. The fourth-order valence-corrected chi connectivity index (χ4v) is 2.73. The van der Waals surface area contributed by atoms with E-state index in [0.717, 1.165) is 16.9 Å². The molecule has 0 atom stereocenters. The summed E-state index contributed by atoms with van der Waals surface area (Å²) in [6.45, 7) is 0.230. The van der Waals surface area contributed by atoms with Crippen LogP contribution in [0.1, 0.15) is 0 Å². The molecule has 0 saturated carbocycles. The van der Waals surface area contributed by atoms with E-state index in [1.54, 1.807) is 0 Å². The van der Waals surface area contributed by atoms with Crippen LogP contribution >= 0.6 is 0 Å². The van der Waals surface area contributed by atoms with Gasteiger partial charge in [0, 0.05) is 5.69 Å². The highest BCUT2D eigenvalue weighted by Crippen LogP contribution is 2.36. The molecule has 0 amide bonds. The Morgan fingerprint density at radius 2 is 1.88 bits per heavy atom. The number of hydrogen-bond acceptors (Lipinski definition) is 8. The van der Waals surface area contributed by atoms with Gasteiger partial charge in [0.05, 0.1) is 0 Å². The van der Waals surface area contributed by atoms with Crippen LogP contribution in [0.2, 0.25) is 0 Å². The van der Waals surface area contributed by atoms with Gasteiger partial charge in [-0.1, -0.05) is 18.2 Å². The first kappa shape index (κ1) is 14.5. The monoisotopic (exact) mass is 349 g/mol. The Balaban J connectivity index is 1.49. The van der Waals surface area contributed by atoms with Crippen LogP contribution in [0.25, 0.3) is 22.4 Å². The highest BCUT2D eigenvalue weighted by atomic mass is 16.7. The second-order valence-corrected chi connectivity index (χ2v) is 5.62. The Labute approximate surface area is 145 Å². The van der Waals surface area contributed by atoms with Gasteiger partial charge in [0.1, 0.15) is 0 Å². The van der Waals surface area contributed by atoms with Gasteiger partial charge in [-0.25, -0.2) is 4.63 Å². The van der Waals surface area contributed by atoms with Crippen molar-refractivity contribution in [2.24, 2.45) is 0 Å². The molecule has 1 aliphatic heterocycles. The Hall–Kier alpha value is -3.88. The van der Waals surface area contributed by atoms with E-state index < -0.39 is 5.56 Å². The lowest BCUT2D eigenvalue weighted by Crippen LogP contribution is -2.13. The van der Waals surface area contributed by atoms with Gasteiger partial charge in [-0.05, 0) is 45.7 Å². The Morgan fingerprint density at radius 1 is 1.00 bits per heavy atom. The van der Waals surface area contributed by atoms with Gasteiger partial charge in [0.2, 0.25) is 18.1 Å². The van der Waals surface area contributed by atoms with Gasteiger partial charge in [-0.15, -0.1) is 0 Å². The van der Waals surface area contributed by atoms with Crippen molar-refractivity contribution in [1.82, 2.24) is 20.3 Å². The minimum atomic E-state index is -0.415. The molecule has 0 unspecified atom stereocenters. The fraction of sp³-hybridized carbons (Fsp3) is 0.0588. The molecule has 5 rings (SSSR count). The quantitative estimate of drug-likeness (QED) is 0.579. The van der Waals surface area contributed by atoms with Crippen molar-refractivity contribution in [3.8, 4) is 22.6 Å². The molecule has 2 aromatic heterocycles. The van der Waals surface area contributed by atoms with Crippen molar-refractivity contribution >= 4 is 22.8 Å². The number of rotatable bonds is 3. The molecule has 2 aromatic carbocycles. The number of nitrogens with zero attached hydrogens (tertiary/aromatic N) is 3. The Kier molecular flexibility index (Phi) is 3.11. The Morgan fingerprint density at radius 3 is 2.85 bits per heavy atom. The highest BCUT2D eigenvalue weighted by molar-refractivity contribution is 5.73. The number of hydrogen-bond donors (Lipinski definition) is 2. The minimum Gasteiger partial charge on any atom is -0.454 e. The first-order valence-corrected chi connectivity index (χ1v) is 7.76. The van der Waals surface area contributed by atoms with Crippen LogP contribution in [0.5, 0.6) is 11.5 Å². The first-order valence-electron chi connectivity index (χ1n) is 7.76. The zero-order valence-corrected chi connectivity index (χ0v) is 13.2. The summed E-state index contributed by atoms with van der Waals surface area (Å²) in [4.78, 5) is 18.8. The number of benzene rings is 2. The zero-order valence-electron chi connectivity index (χ0n) is 13.2. The van der Waals surface area contributed by atoms with Crippen LogP contribution in [0, 0.1) is 0 Å². The fourth-order valence-electron chi connectivity index (χ4n) is 2.73. The van der Waals surface area contributed by atoms with Gasteiger partial charge < -0.3 is 14.8 Å². The summed E-state index contributed by atoms with van der Waals surface area (Å²) in [7, 11) is 0. The number of nitrogens with one attached hydrogen (secondary N) is 2. The first-order chi connectivity index (χ1) is 12.8. The molecular formula is C17H11N5O4. The number of H-pyrrole nitrogens is 1. The summed E-state index contributed by atoms with van der Waals surface area (Å²) in [5.41, 5.74) is 2.63. The van der Waals surface area contributed by atoms with Crippen LogP contribution < -0.4 is 20.3 Å². The van der Waals surface area contributed by atoms with Crippen molar-refractivity contribution < 1.29 is 14.1 Å². The van der Waals surface area contributed by atoms with Crippen molar-refractivity contribution in [2.75, 3.05) is 12.1 Å². The number of anilines is 2. The molecule has 2 N–H and O–H groups in total. The van der Waals surface area contributed by atoms with Gasteiger partial charge in [-0.3, -0.25) is 9.78 Å². The van der Waals surface area contributed by atoms with Crippen molar-refractivity contribution in [3.63, 3.8) is 0 Å². The standard InChI is InChI=1S/C17H11N5O4/c23-17-16(19-14-15(20-17)22-26-21-14)18-11-3-1-2-9(6-11)10-4-5-12-13(7-10)25-8-24-12/h1-7H,8H2,(H,18,19,21)(H,20,22,23). The molecule has 9 nitrogen and oxygen atoms in total. The van der Waals surface area contributed by atoms with Crippen LogP contribution in [0.15, 0.2) is 51.9 Å². The lowest BCUT2D eigenvalue weighted by molar-refractivity contribution is 0.174. The normalized spacial score (nSPS) is 12.5. The third-order valence-electron chi connectivity index (χ3n) is 3.97. The van der Waals surface area contributed by atoms with Crippen LogP contribution in [-0.2, 0) is 0 Å². The van der Waals surface area contributed by atoms with E-state index in [-0.39, 0.29) is 23.9 Å². The van der Waals surface area contributed by atoms with Gasteiger partial charge in [0.25, 0.3) is 5.56 Å². The second-order valence-electron chi connectivity index (χ2n) is 5.62. The summed E-state index contributed by atoms with van der Waals surface area (Å²) >= 11 is 0. The van der Waals surface area contributed by atoms with Crippen molar-refractivity contribution in [1.29, 1.82) is 0 Å². The maximum atomic E-state index is 12.1. The maximum absolute atomic E-state index is 12.1. The second kappa shape index (κ2) is 5.59. The molecule has 0 bridgehead atoms. The highest BCUT2D eigenvalue weighted by Gasteiger charge is 2.14. The van der Waals surface area contributed by atoms with E-state index in [9.17, 15) is 4.79 Å². The zero-order chi connectivity index (χ0) is 17.5. The van der Waals surface area contributed by atoms with Crippen LogP contribution in [0.4, 0.5) is 11.5 Å². The van der Waals surface area contributed by atoms with E-state index >= 15 is 0 Å². The molecule has 1 aliphatic rings. The Bertz CT molecular complexity index is 1180. The molecule has 0 saturated heterocycles. The summed E-state index contributed by atoms with van der Waals surface area (Å²) < 4.78 is 15.3. The third kappa shape index (κ3) is 2.42. The van der Waals surface area contributed by atoms with Gasteiger partial charge in [-0.2, -0.15) is 4.98 Å². The molecular weight excluding hydrogens is 338 g/mol. The van der Waals surface area contributed by atoms with Crippen molar-refractivity contribution in [3.05, 3.63) is 52.8 Å². The smallest absolute Gasteiger partial charge is 0.292 e. The molecule has 128 valence electrons. The van der Waals surface area contributed by atoms with Crippen LogP contribution in [0.3, 0.4) is 0 Å². The van der Waals surface area contributed by atoms with E-state index in [4.69, 9.17) is 9.47 Å². The third-order valence-corrected chi connectivity index (χ3v) is 3.97. The molecule has 0 spiro atoms. The summed E-state index contributed by atoms with van der Waals surface area (Å²) in [6, 6.07) is 13.3. The predicted molar refractivity (Wildman–Crippen MR) is 91.5 cm³/mol. The topological polar surface area (TPSA) is 115 Å². The molecule has 26 heavy (non-hydrogen) atoms. The number of ether oxygens (including phenoxy) is 2. The molecule has 0 radical (unpaired) electrons. The average Bonchev–Trinajstić information content (AvgIpc) is 3.30. The number of aromatic amines is 1. The van der Waals surface area contributed by atoms with E-state index in [0.29, 0.717) is 11.4 Å². The summed E-state index contributed by atoms with van der Waals surface area (Å²) in [6.07, 6.45) is 0. The lowest BCUT2D eigenvalue weighted by Gasteiger charge is -2.08. The molecule has 9 heteroatoms. The van der Waals surface area contributed by atoms with E-state index in [2.05, 4.69) is 30.2 Å². The summed E-state index contributed by atoms with van der Waals surface area (Å²) in [5, 5.41) is 10.2. The number of fused-ring (bicyclic) bond motifs is 2. The maximum Gasteiger partial charge on any atom is 0.292 e. The van der Waals surface area contributed by atoms with Gasteiger partial charge >= 0.3 is 0 Å². The molecule has 3 heterocycles. The lowest BCUT2D eigenvalue weighted by atomic mass is 10.0. The van der Waals surface area contributed by atoms with Crippen LogP contribution in [-0.4, -0.2) is 27.1 Å². The number of aromatic nitrogens is 4. The SMILES string of the molecule is O=c1[nH]c2nonc2nc1Nc1cccc(-c2ccc3c(c2)OCO3)c1. The molecule has 4 aromatic rings. The van der Waals surface area contributed by atoms with E-state index in [1.807, 2.05) is 42.5 Å².